The van der Waals surface area contributed by atoms with Gasteiger partial charge in [0.15, 0.2) is 12.4 Å². The van der Waals surface area contributed by atoms with Crippen LogP contribution in [-0.4, -0.2) is 18.4 Å². The SMILES string of the molecule is CC1C[C@@H](C)C(C=O)OC1=O. The molecule has 0 aromatic rings. The second-order valence-corrected chi connectivity index (χ2v) is 3.15. The van der Waals surface area contributed by atoms with Crippen molar-refractivity contribution in [3.8, 4) is 0 Å². The highest BCUT2D eigenvalue weighted by atomic mass is 16.5. The predicted octanol–water partition coefficient (Wildman–Crippen LogP) is 0.773. The number of ether oxygens (including phenoxy) is 1. The van der Waals surface area contributed by atoms with E-state index in [0.717, 1.165) is 6.42 Å². The number of cyclic esters (lactones) is 1. The Morgan fingerprint density at radius 1 is 1.55 bits per heavy atom. The van der Waals surface area contributed by atoms with Crippen molar-refractivity contribution in [2.45, 2.75) is 26.4 Å². The monoisotopic (exact) mass is 156 g/mol. The van der Waals surface area contributed by atoms with E-state index in [9.17, 15) is 9.59 Å². The molecular weight excluding hydrogens is 144 g/mol. The lowest BCUT2D eigenvalue weighted by atomic mass is 9.90. The molecule has 1 saturated heterocycles. The van der Waals surface area contributed by atoms with E-state index in [1.807, 2.05) is 13.8 Å². The minimum atomic E-state index is -0.515. The zero-order chi connectivity index (χ0) is 8.43. The van der Waals surface area contributed by atoms with Crippen LogP contribution in [-0.2, 0) is 14.3 Å². The number of esters is 1. The maximum atomic E-state index is 10.9. The summed E-state index contributed by atoms with van der Waals surface area (Å²) < 4.78 is 4.85. The summed E-state index contributed by atoms with van der Waals surface area (Å²) in [5.41, 5.74) is 0. The van der Waals surface area contributed by atoms with Crippen molar-refractivity contribution in [1.82, 2.24) is 0 Å². The van der Waals surface area contributed by atoms with E-state index >= 15 is 0 Å². The summed E-state index contributed by atoms with van der Waals surface area (Å²) in [6.45, 7) is 3.74. The molecule has 1 aliphatic rings. The third-order valence-electron chi connectivity index (χ3n) is 2.07. The number of rotatable bonds is 1. The number of hydrogen-bond donors (Lipinski definition) is 0. The Hall–Kier alpha value is -0.860. The molecule has 1 heterocycles. The van der Waals surface area contributed by atoms with Crippen LogP contribution in [0.5, 0.6) is 0 Å². The lowest BCUT2D eigenvalue weighted by Crippen LogP contribution is -2.36. The Morgan fingerprint density at radius 2 is 2.18 bits per heavy atom. The van der Waals surface area contributed by atoms with Crippen molar-refractivity contribution in [3.05, 3.63) is 0 Å². The standard InChI is InChI=1S/C8H12O3/c1-5-3-6(2)8(10)11-7(5)4-9/h4-7H,3H2,1-2H3/t5-,6?,7?/m1/s1. The molecule has 0 amide bonds. The van der Waals surface area contributed by atoms with Gasteiger partial charge in [0.25, 0.3) is 0 Å². The highest BCUT2D eigenvalue weighted by molar-refractivity contribution is 5.76. The van der Waals surface area contributed by atoms with Gasteiger partial charge < -0.3 is 4.74 Å². The Kier molecular flexibility index (Phi) is 2.27. The van der Waals surface area contributed by atoms with Crippen LogP contribution in [0.2, 0.25) is 0 Å². The third-order valence-corrected chi connectivity index (χ3v) is 2.07. The van der Waals surface area contributed by atoms with Gasteiger partial charge in [-0.15, -0.1) is 0 Å². The lowest BCUT2D eigenvalue weighted by Gasteiger charge is -2.28. The first-order valence-electron chi connectivity index (χ1n) is 3.81. The fraction of sp³-hybridized carbons (Fsp3) is 0.750. The van der Waals surface area contributed by atoms with Crippen molar-refractivity contribution < 1.29 is 14.3 Å². The molecule has 3 atom stereocenters. The van der Waals surface area contributed by atoms with Crippen molar-refractivity contribution in [2.75, 3.05) is 0 Å². The summed E-state index contributed by atoms with van der Waals surface area (Å²) in [6, 6.07) is 0. The van der Waals surface area contributed by atoms with Crippen LogP contribution < -0.4 is 0 Å². The van der Waals surface area contributed by atoms with Gasteiger partial charge in [-0.3, -0.25) is 9.59 Å². The molecule has 2 unspecified atom stereocenters. The molecule has 62 valence electrons. The van der Waals surface area contributed by atoms with Crippen LogP contribution in [0.15, 0.2) is 0 Å². The summed E-state index contributed by atoms with van der Waals surface area (Å²) in [5.74, 6) is -0.137. The van der Waals surface area contributed by atoms with Crippen LogP contribution in [0, 0.1) is 11.8 Å². The van der Waals surface area contributed by atoms with Gasteiger partial charge in [-0.1, -0.05) is 13.8 Å². The second-order valence-electron chi connectivity index (χ2n) is 3.15. The molecule has 0 spiro atoms. The summed E-state index contributed by atoms with van der Waals surface area (Å²) in [7, 11) is 0. The van der Waals surface area contributed by atoms with Gasteiger partial charge in [-0.25, -0.2) is 0 Å². The van der Waals surface area contributed by atoms with Crippen LogP contribution in [0.3, 0.4) is 0 Å². The topological polar surface area (TPSA) is 43.4 Å². The maximum Gasteiger partial charge on any atom is 0.309 e. The Bertz CT molecular complexity index is 176. The Labute approximate surface area is 65.7 Å². The lowest BCUT2D eigenvalue weighted by molar-refractivity contribution is -0.165. The fourth-order valence-corrected chi connectivity index (χ4v) is 1.32. The van der Waals surface area contributed by atoms with Gasteiger partial charge in [-0.2, -0.15) is 0 Å². The first-order chi connectivity index (χ1) is 5.15. The highest BCUT2D eigenvalue weighted by Gasteiger charge is 2.32. The molecule has 0 bridgehead atoms. The van der Waals surface area contributed by atoms with E-state index in [0.29, 0.717) is 6.29 Å². The van der Waals surface area contributed by atoms with Crippen LogP contribution in [0.4, 0.5) is 0 Å². The molecule has 0 aromatic heterocycles. The Morgan fingerprint density at radius 3 is 2.73 bits per heavy atom. The second kappa shape index (κ2) is 3.03. The van der Waals surface area contributed by atoms with E-state index in [1.165, 1.54) is 0 Å². The molecule has 0 aliphatic carbocycles. The molecule has 11 heavy (non-hydrogen) atoms. The quantitative estimate of drug-likeness (QED) is 0.416. The van der Waals surface area contributed by atoms with Crippen molar-refractivity contribution in [2.24, 2.45) is 11.8 Å². The van der Waals surface area contributed by atoms with Crippen molar-refractivity contribution >= 4 is 12.3 Å². The minimum Gasteiger partial charge on any atom is -0.454 e. The summed E-state index contributed by atoms with van der Waals surface area (Å²) >= 11 is 0. The normalized spacial score (nSPS) is 38.0. The number of hydrogen-bond acceptors (Lipinski definition) is 3. The third kappa shape index (κ3) is 1.59. The molecule has 3 heteroatoms. The number of aldehydes is 1. The van der Waals surface area contributed by atoms with Crippen LogP contribution in [0.1, 0.15) is 20.3 Å². The highest BCUT2D eigenvalue weighted by Crippen LogP contribution is 2.24. The smallest absolute Gasteiger partial charge is 0.309 e. The van der Waals surface area contributed by atoms with Gasteiger partial charge in [0.2, 0.25) is 0 Å². The zero-order valence-corrected chi connectivity index (χ0v) is 6.74. The molecule has 0 aromatic carbocycles. The Balaban J connectivity index is 2.61. The van der Waals surface area contributed by atoms with Crippen molar-refractivity contribution in [1.29, 1.82) is 0 Å². The van der Waals surface area contributed by atoms with Gasteiger partial charge in [0, 0.05) is 5.92 Å². The molecule has 0 N–H and O–H groups in total. The maximum absolute atomic E-state index is 10.9. The predicted molar refractivity (Wildman–Crippen MR) is 38.9 cm³/mol. The van der Waals surface area contributed by atoms with Crippen molar-refractivity contribution in [3.63, 3.8) is 0 Å². The molecule has 0 saturated carbocycles. The van der Waals surface area contributed by atoms with Gasteiger partial charge >= 0.3 is 5.97 Å². The summed E-state index contributed by atoms with van der Waals surface area (Å²) in [4.78, 5) is 21.3. The first kappa shape index (κ1) is 8.24. The average molecular weight is 156 g/mol. The average Bonchev–Trinajstić information content (AvgIpc) is 1.97. The van der Waals surface area contributed by atoms with E-state index in [-0.39, 0.29) is 17.8 Å². The summed E-state index contributed by atoms with van der Waals surface area (Å²) in [5, 5.41) is 0. The zero-order valence-electron chi connectivity index (χ0n) is 6.74. The largest absolute Gasteiger partial charge is 0.454 e. The molecule has 1 fully saturated rings. The van der Waals surface area contributed by atoms with Crippen LogP contribution >= 0.6 is 0 Å². The van der Waals surface area contributed by atoms with E-state index in [4.69, 9.17) is 4.74 Å². The molecule has 1 rings (SSSR count). The number of carbonyl (C=O) groups excluding carboxylic acids is 2. The van der Waals surface area contributed by atoms with Gasteiger partial charge in [0.05, 0.1) is 5.92 Å². The first-order valence-corrected chi connectivity index (χ1v) is 3.81. The van der Waals surface area contributed by atoms with Crippen LogP contribution in [0.25, 0.3) is 0 Å². The minimum absolute atomic E-state index is 0.0544. The molecule has 3 nitrogen and oxygen atoms in total. The van der Waals surface area contributed by atoms with E-state index in [2.05, 4.69) is 0 Å². The van der Waals surface area contributed by atoms with E-state index in [1.54, 1.807) is 0 Å². The summed E-state index contributed by atoms with van der Waals surface area (Å²) in [6.07, 6.45) is 0.940. The number of carbonyl (C=O) groups is 2. The molecule has 0 radical (unpaired) electrons. The molecule has 1 aliphatic heterocycles. The van der Waals surface area contributed by atoms with E-state index < -0.39 is 6.10 Å². The van der Waals surface area contributed by atoms with Gasteiger partial charge in [0.1, 0.15) is 0 Å². The fourth-order valence-electron chi connectivity index (χ4n) is 1.32. The van der Waals surface area contributed by atoms with Gasteiger partial charge in [-0.05, 0) is 6.42 Å². The molecular formula is C8H12O3.